The summed E-state index contributed by atoms with van der Waals surface area (Å²) in [6.07, 6.45) is 1.07. The SMILES string of the molecule is CCOCC1=C(C)CCOC1. The van der Waals surface area contributed by atoms with E-state index >= 15 is 0 Å². The van der Waals surface area contributed by atoms with Gasteiger partial charge in [-0.1, -0.05) is 5.57 Å². The summed E-state index contributed by atoms with van der Waals surface area (Å²) in [5.74, 6) is 0. The topological polar surface area (TPSA) is 18.5 Å². The van der Waals surface area contributed by atoms with Gasteiger partial charge in [-0.25, -0.2) is 0 Å². The van der Waals surface area contributed by atoms with Crippen LogP contribution in [-0.2, 0) is 9.47 Å². The molecule has 11 heavy (non-hydrogen) atoms. The van der Waals surface area contributed by atoms with E-state index in [9.17, 15) is 0 Å². The lowest BCUT2D eigenvalue weighted by Crippen LogP contribution is -2.14. The van der Waals surface area contributed by atoms with Crippen LogP contribution in [0.2, 0.25) is 0 Å². The van der Waals surface area contributed by atoms with Gasteiger partial charge < -0.3 is 9.47 Å². The number of hydrogen-bond acceptors (Lipinski definition) is 2. The monoisotopic (exact) mass is 156 g/mol. The fourth-order valence-electron chi connectivity index (χ4n) is 1.11. The maximum atomic E-state index is 5.31. The average molecular weight is 156 g/mol. The molecule has 0 radical (unpaired) electrons. The molecule has 0 amide bonds. The number of ether oxygens (including phenoxy) is 2. The van der Waals surface area contributed by atoms with E-state index in [1.165, 1.54) is 11.1 Å². The van der Waals surface area contributed by atoms with Crippen LogP contribution in [0.4, 0.5) is 0 Å². The molecule has 64 valence electrons. The molecule has 1 aliphatic rings. The predicted octanol–water partition coefficient (Wildman–Crippen LogP) is 1.76. The van der Waals surface area contributed by atoms with Crippen LogP contribution in [0.15, 0.2) is 11.1 Å². The summed E-state index contributed by atoms with van der Waals surface area (Å²) in [5.41, 5.74) is 2.78. The molecule has 0 atom stereocenters. The first-order valence-electron chi connectivity index (χ1n) is 4.17. The third-order valence-corrected chi connectivity index (χ3v) is 1.98. The Morgan fingerprint density at radius 2 is 2.36 bits per heavy atom. The van der Waals surface area contributed by atoms with Crippen molar-refractivity contribution < 1.29 is 9.47 Å². The standard InChI is InChI=1S/C9H16O2/c1-3-10-6-9-7-11-5-4-8(9)2/h3-7H2,1-2H3. The Labute approximate surface area is 68.2 Å². The molecule has 0 aliphatic carbocycles. The molecule has 1 rings (SSSR count). The quantitative estimate of drug-likeness (QED) is 0.580. The predicted molar refractivity (Wildman–Crippen MR) is 44.6 cm³/mol. The molecule has 0 spiro atoms. The van der Waals surface area contributed by atoms with E-state index in [4.69, 9.17) is 9.47 Å². The molecule has 1 aliphatic heterocycles. The van der Waals surface area contributed by atoms with Gasteiger partial charge in [0.25, 0.3) is 0 Å². The van der Waals surface area contributed by atoms with Crippen molar-refractivity contribution in [2.24, 2.45) is 0 Å². The van der Waals surface area contributed by atoms with Crippen LogP contribution >= 0.6 is 0 Å². The van der Waals surface area contributed by atoms with Crippen LogP contribution < -0.4 is 0 Å². The summed E-state index contributed by atoms with van der Waals surface area (Å²) in [5, 5.41) is 0. The average Bonchev–Trinajstić information content (AvgIpc) is 2.03. The van der Waals surface area contributed by atoms with Gasteiger partial charge in [0, 0.05) is 6.61 Å². The Hall–Kier alpha value is -0.340. The van der Waals surface area contributed by atoms with E-state index in [0.29, 0.717) is 0 Å². The second-order valence-electron chi connectivity index (χ2n) is 2.82. The Morgan fingerprint density at radius 3 is 3.00 bits per heavy atom. The van der Waals surface area contributed by atoms with E-state index < -0.39 is 0 Å². The summed E-state index contributed by atoms with van der Waals surface area (Å²) in [6, 6.07) is 0. The van der Waals surface area contributed by atoms with Gasteiger partial charge in [0.15, 0.2) is 0 Å². The van der Waals surface area contributed by atoms with Crippen molar-refractivity contribution in [3.05, 3.63) is 11.1 Å². The van der Waals surface area contributed by atoms with Gasteiger partial charge in [-0.2, -0.15) is 0 Å². The Kier molecular flexibility index (Phi) is 3.60. The van der Waals surface area contributed by atoms with Crippen molar-refractivity contribution in [1.82, 2.24) is 0 Å². The highest BCUT2D eigenvalue weighted by Crippen LogP contribution is 2.14. The molecule has 0 aromatic carbocycles. The summed E-state index contributed by atoms with van der Waals surface area (Å²) < 4.78 is 10.6. The molecule has 0 fully saturated rings. The first kappa shape index (κ1) is 8.75. The van der Waals surface area contributed by atoms with Crippen molar-refractivity contribution in [2.75, 3.05) is 26.4 Å². The molecule has 0 N–H and O–H groups in total. The van der Waals surface area contributed by atoms with Crippen molar-refractivity contribution in [3.63, 3.8) is 0 Å². The minimum absolute atomic E-state index is 0.752. The van der Waals surface area contributed by atoms with Crippen LogP contribution in [0.25, 0.3) is 0 Å². The molecule has 2 nitrogen and oxygen atoms in total. The molecule has 0 aromatic rings. The molecule has 2 heteroatoms. The van der Waals surface area contributed by atoms with Gasteiger partial charge in [0.05, 0.1) is 19.8 Å². The molecular formula is C9H16O2. The molecule has 1 heterocycles. The zero-order valence-electron chi connectivity index (χ0n) is 7.35. The Balaban J connectivity index is 2.39. The lowest BCUT2D eigenvalue weighted by molar-refractivity contribution is 0.113. The van der Waals surface area contributed by atoms with Crippen molar-refractivity contribution in [1.29, 1.82) is 0 Å². The second-order valence-corrected chi connectivity index (χ2v) is 2.82. The fourth-order valence-corrected chi connectivity index (χ4v) is 1.11. The fraction of sp³-hybridized carbons (Fsp3) is 0.778. The highest BCUT2D eigenvalue weighted by atomic mass is 16.5. The van der Waals surface area contributed by atoms with E-state index in [-0.39, 0.29) is 0 Å². The van der Waals surface area contributed by atoms with Crippen LogP contribution in [0.3, 0.4) is 0 Å². The first-order chi connectivity index (χ1) is 5.34. The maximum Gasteiger partial charge on any atom is 0.0701 e. The van der Waals surface area contributed by atoms with Gasteiger partial charge >= 0.3 is 0 Å². The molecule has 0 aromatic heterocycles. The lowest BCUT2D eigenvalue weighted by Gasteiger charge is -2.17. The molecule has 0 saturated heterocycles. The lowest BCUT2D eigenvalue weighted by atomic mass is 10.1. The smallest absolute Gasteiger partial charge is 0.0701 e. The number of rotatable bonds is 3. The highest BCUT2D eigenvalue weighted by molar-refractivity contribution is 5.15. The summed E-state index contributed by atoms with van der Waals surface area (Å²) >= 11 is 0. The molecule has 0 bridgehead atoms. The van der Waals surface area contributed by atoms with Crippen molar-refractivity contribution in [3.8, 4) is 0 Å². The largest absolute Gasteiger partial charge is 0.377 e. The summed E-state index contributed by atoms with van der Waals surface area (Å²) in [7, 11) is 0. The van der Waals surface area contributed by atoms with E-state index in [1.54, 1.807) is 0 Å². The first-order valence-corrected chi connectivity index (χ1v) is 4.17. The van der Waals surface area contributed by atoms with Crippen LogP contribution in [0.5, 0.6) is 0 Å². The van der Waals surface area contributed by atoms with Crippen molar-refractivity contribution in [2.45, 2.75) is 20.3 Å². The summed E-state index contributed by atoms with van der Waals surface area (Å²) in [4.78, 5) is 0. The van der Waals surface area contributed by atoms with Crippen LogP contribution in [0.1, 0.15) is 20.3 Å². The normalized spacial score (nSPS) is 19.1. The van der Waals surface area contributed by atoms with Gasteiger partial charge in [-0.3, -0.25) is 0 Å². The van der Waals surface area contributed by atoms with Gasteiger partial charge in [-0.15, -0.1) is 0 Å². The zero-order valence-corrected chi connectivity index (χ0v) is 7.35. The van der Waals surface area contributed by atoms with Crippen LogP contribution in [0, 0.1) is 0 Å². The molecule has 0 unspecified atom stereocenters. The minimum atomic E-state index is 0.752. The van der Waals surface area contributed by atoms with E-state index in [0.717, 1.165) is 32.8 Å². The highest BCUT2D eigenvalue weighted by Gasteiger charge is 2.08. The zero-order chi connectivity index (χ0) is 8.10. The van der Waals surface area contributed by atoms with Crippen LogP contribution in [-0.4, -0.2) is 26.4 Å². The van der Waals surface area contributed by atoms with E-state index in [2.05, 4.69) is 6.92 Å². The minimum Gasteiger partial charge on any atom is -0.377 e. The van der Waals surface area contributed by atoms with Gasteiger partial charge in [0.2, 0.25) is 0 Å². The van der Waals surface area contributed by atoms with Crippen molar-refractivity contribution >= 4 is 0 Å². The summed E-state index contributed by atoms with van der Waals surface area (Å²) in [6.45, 7) is 7.36. The third-order valence-electron chi connectivity index (χ3n) is 1.98. The van der Waals surface area contributed by atoms with Gasteiger partial charge in [-0.05, 0) is 25.8 Å². The van der Waals surface area contributed by atoms with Gasteiger partial charge in [0.1, 0.15) is 0 Å². The third kappa shape index (κ3) is 2.64. The molecule has 0 saturated carbocycles. The Morgan fingerprint density at radius 1 is 1.55 bits per heavy atom. The maximum absolute atomic E-state index is 5.31. The molecular weight excluding hydrogens is 140 g/mol. The number of hydrogen-bond donors (Lipinski definition) is 0. The van der Waals surface area contributed by atoms with E-state index in [1.807, 2.05) is 6.92 Å². The second kappa shape index (κ2) is 4.52. The Bertz CT molecular complexity index is 150.